The largest absolute Gasteiger partial charge is 0.284 e. The lowest BCUT2D eigenvalue weighted by atomic mass is 10.1. The van der Waals surface area contributed by atoms with Crippen molar-refractivity contribution in [3.63, 3.8) is 0 Å². The van der Waals surface area contributed by atoms with E-state index in [4.69, 9.17) is 0 Å². The number of allylic oxidation sites excluding steroid dienone is 4. The van der Waals surface area contributed by atoms with E-state index in [-0.39, 0.29) is 24.0 Å². The molecule has 0 spiro atoms. The van der Waals surface area contributed by atoms with Gasteiger partial charge in [0.2, 0.25) is 5.95 Å². The predicted octanol–water partition coefficient (Wildman–Crippen LogP) is 4.07. The van der Waals surface area contributed by atoms with Crippen molar-refractivity contribution in [1.82, 2.24) is 9.78 Å². The Morgan fingerprint density at radius 3 is 2.91 bits per heavy atom. The fraction of sp³-hybridized carbons (Fsp3) is 0.214. The summed E-state index contributed by atoms with van der Waals surface area (Å²) < 4.78 is 28.9. The van der Waals surface area contributed by atoms with Crippen molar-refractivity contribution in [2.75, 3.05) is 0 Å². The Morgan fingerprint density at radius 2 is 2.27 bits per heavy atom. The van der Waals surface area contributed by atoms with Gasteiger partial charge in [0.05, 0.1) is 17.0 Å². The van der Waals surface area contributed by atoms with Crippen molar-refractivity contribution >= 4 is 32.5 Å². The highest BCUT2D eigenvalue weighted by atomic mass is 79.9. The molecule has 2 aromatic rings. The quantitative estimate of drug-likeness (QED) is 0.605. The van der Waals surface area contributed by atoms with E-state index in [2.05, 4.69) is 21.0 Å². The number of alkyl halides is 1. The van der Waals surface area contributed by atoms with Crippen LogP contribution in [-0.4, -0.2) is 20.9 Å². The number of hydrogen-bond donors (Lipinski definition) is 0. The molecule has 1 aliphatic carbocycles. The third kappa shape index (κ3) is 2.66. The van der Waals surface area contributed by atoms with Gasteiger partial charge >= 0.3 is 0 Å². The van der Waals surface area contributed by atoms with E-state index < -0.39 is 17.0 Å². The van der Waals surface area contributed by atoms with Gasteiger partial charge in [-0.1, -0.05) is 34.2 Å². The van der Waals surface area contributed by atoms with Gasteiger partial charge in [-0.25, -0.2) is 4.39 Å². The predicted molar refractivity (Wildman–Crippen MR) is 80.8 cm³/mol. The molecular weight excluding hydrogens is 360 g/mol. The van der Waals surface area contributed by atoms with Gasteiger partial charge in [-0.3, -0.25) is 14.8 Å². The molecule has 3 rings (SSSR count). The highest BCUT2D eigenvalue weighted by Gasteiger charge is 2.22. The van der Waals surface area contributed by atoms with Crippen molar-refractivity contribution in [2.45, 2.75) is 19.1 Å². The summed E-state index contributed by atoms with van der Waals surface area (Å²) in [5.41, 5.74) is 0.751. The Labute approximate surface area is 132 Å². The number of rotatable bonds is 3. The SMILES string of the molecule is O=[N+]([O-])c1cc(Br)cc2c1c(F)nn2CC1=CCC(F)C=C1. The van der Waals surface area contributed by atoms with Gasteiger partial charge < -0.3 is 0 Å². The number of aromatic nitrogens is 2. The van der Waals surface area contributed by atoms with Gasteiger partial charge in [0.15, 0.2) is 0 Å². The molecule has 0 bridgehead atoms. The molecule has 1 heterocycles. The zero-order valence-corrected chi connectivity index (χ0v) is 12.8. The number of benzene rings is 1. The normalized spacial score (nSPS) is 17.8. The summed E-state index contributed by atoms with van der Waals surface area (Å²) in [7, 11) is 0. The monoisotopic (exact) mass is 369 g/mol. The molecule has 114 valence electrons. The fourth-order valence-corrected chi connectivity index (χ4v) is 2.83. The molecular formula is C14H10BrF2N3O2. The standard InChI is InChI=1S/C14H10BrF2N3O2/c15-9-5-11-13(12(6-9)20(21)22)14(17)18-19(11)7-8-1-3-10(16)4-2-8/h1-3,5-6,10H,4,7H2. The van der Waals surface area contributed by atoms with Crippen LogP contribution in [0.3, 0.4) is 0 Å². The van der Waals surface area contributed by atoms with Crippen molar-refractivity contribution in [3.05, 3.63) is 56.5 Å². The molecule has 0 saturated carbocycles. The number of nitro benzene ring substituents is 1. The molecule has 1 aliphatic rings. The number of hydrogen-bond acceptors (Lipinski definition) is 3. The van der Waals surface area contributed by atoms with Crippen LogP contribution in [0, 0.1) is 16.1 Å². The Hall–Kier alpha value is -2.09. The molecule has 22 heavy (non-hydrogen) atoms. The smallest absolute Gasteiger partial charge is 0.258 e. The van der Waals surface area contributed by atoms with Crippen LogP contribution in [0.1, 0.15) is 6.42 Å². The van der Waals surface area contributed by atoms with E-state index >= 15 is 0 Å². The van der Waals surface area contributed by atoms with Crippen LogP contribution < -0.4 is 0 Å². The lowest BCUT2D eigenvalue weighted by Crippen LogP contribution is -2.06. The van der Waals surface area contributed by atoms with Gasteiger partial charge in [-0.05, 0) is 11.6 Å². The maximum absolute atomic E-state index is 14.0. The average molecular weight is 370 g/mol. The van der Waals surface area contributed by atoms with Crippen LogP contribution in [0.25, 0.3) is 10.9 Å². The minimum Gasteiger partial charge on any atom is -0.258 e. The molecule has 0 fully saturated rings. The molecule has 1 aromatic heterocycles. The first-order valence-electron chi connectivity index (χ1n) is 6.47. The van der Waals surface area contributed by atoms with Gasteiger partial charge in [0, 0.05) is 17.0 Å². The van der Waals surface area contributed by atoms with Crippen LogP contribution in [0.4, 0.5) is 14.5 Å². The van der Waals surface area contributed by atoms with E-state index in [9.17, 15) is 18.9 Å². The lowest BCUT2D eigenvalue weighted by Gasteiger charge is -2.10. The second-order valence-corrected chi connectivity index (χ2v) is 5.83. The van der Waals surface area contributed by atoms with E-state index in [1.165, 1.54) is 16.8 Å². The minimum absolute atomic E-state index is 0.128. The van der Waals surface area contributed by atoms with Crippen LogP contribution in [0.15, 0.2) is 40.4 Å². The number of nitrogens with zero attached hydrogens (tertiary/aromatic N) is 3. The zero-order valence-electron chi connectivity index (χ0n) is 11.2. The molecule has 0 saturated heterocycles. The summed E-state index contributed by atoms with van der Waals surface area (Å²) in [5.74, 6) is -0.891. The maximum atomic E-state index is 14.0. The minimum atomic E-state index is -1.01. The first-order chi connectivity index (χ1) is 10.5. The van der Waals surface area contributed by atoms with Crippen molar-refractivity contribution in [1.29, 1.82) is 0 Å². The number of nitro groups is 1. The molecule has 0 aliphatic heterocycles. The van der Waals surface area contributed by atoms with Gasteiger partial charge in [-0.2, -0.15) is 4.39 Å². The summed E-state index contributed by atoms with van der Waals surface area (Å²) in [6.45, 7) is 0.219. The maximum Gasteiger partial charge on any atom is 0.284 e. The summed E-state index contributed by atoms with van der Waals surface area (Å²) in [5, 5.41) is 14.7. The molecule has 0 N–H and O–H groups in total. The van der Waals surface area contributed by atoms with Crippen LogP contribution in [0.5, 0.6) is 0 Å². The van der Waals surface area contributed by atoms with Gasteiger partial charge in [0.25, 0.3) is 5.69 Å². The number of fused-ring (bicyclic) bond motifs is 1. The van der Waals surface area contributed by atoms with E-state index in [0.717, 1.165) is 5.57 Å². The Morgan fingerprint density at radius 1 is 1.50 bits per heavy atom. The molecule has 1 unspecified atom stereocenters. The number of halogens is 3. The summed E-state index contributed by atoms with van der Waals surface area (Å²) in [6.07, 6.45) is 4.01. The highest BCUT2D eigenvalue weighted by molar-refractivity contribution is 9.10. The topological polar surface area (TPSA) is 61.0 Å². The molecule has 1 aromatic carbocycles. The van der Waals surface area contributed by atoms with Crippen LogP contribution >= 0.6 is 15.9 Å². The highest BCUT2D eigenvalue weighted by Crippen LogP contribution is 2.32. The molecule has 5 nitrogen and oxygen atoms in total. The van der Waals surface area contributed by atoms with Crippen LogP contribution in [-0.2, 0) is 6.54 Å². The Balaban J connectivity index is 2.08. The molecule has 0 amide bonds. The van der Waals surface area contributed by atoms with Crippen LogP contribution in [0.2, 0.25) is 0 Å². The third-order valence-electron chi connectivity index (χ3n) is 3.41. The summed E-state index contributed by atoms with van der Waals surface area (Å²) in [4.78, 5) is 10.4. The number of non-ortho nitro benzene ring substituents is 1. The zero-order chi connectivity index (χ0) is 15.9. The fourth-order valence-electron chi connectivity index (χ4n) is 2.40. The van der Waals surface area contributed by atoms with Crippen molar-refractivity contribution in [3.8, 4) is 0 Å². The molecule has 8 heteroatoms. The molecule has 1 atom stereocenters. The van der Waals surface area contributed by atoms with E-state index in [1.54, 1.807) is 18.2 Å². The second kappa shape index (κ2) is 5.60. The van der Waals surface area contributed by atoms with E-state index in [1.807, 2.05) is 0 Å². The van der Waals surface area contributed by atoms with E-state index in [0.29, 0.717) is 9.99 Å². The van der Waals surface area contributed by atoms with Gasteiger partial charge in [0.1, 0.15) is 11.6 Å². The van der Waals surface area contributed by atoms with Crippen molar-refractivity contribution < 1.29 is 13.7 Å². The average Bonchev–Trinajstić information content (AvgIpc) is 2.77. The second-order valence-electron chi connectivity index (χ2n) is 4.91. The third-order valence-corrected chi connectivity index (χ3v) is 3.87. The molecule has 0 radical (unpaired) electrons. The lowest BCUT2D eigenvalue weighted by molar-refractivity contribution is -0.383. The Kier molecular flexibility index (Phi) is 3.78. The first-order valence-corrected chi connectivity index (χ1v) is 7.26. The summed E-state index contributed by atoms with van der Waals surface area (Å²) >= 11 is 3.18. The van der Waals surface area contributed by atoms with Gasteiger partial charge in [-0.15, -0.1) is 5.10 Å². The first kappa shape index (κ1) is 14.8. The summed E-state index contributed by atoms with van der Waals surface area (Å²) in [6, 6.07) is 2.81. The van der Waals surface area contributed by atoms with Crippen molar-refractivity contribution in [2.24, 2.45) is 0 Å². The Bertz CT molecular complexity index is 829.